The Hall–Kier alpha value is -2.89. The number of nitrogens with one attached hydrogen (secondary N) is 2. The van der Waals surface area contributed by atoms with Gasteiger partial charge in [0, 0.05) is 38.4 Å². The molecule has 1 aromatic carbocycles. The van der Waals surface area contributed by atoms with E-state index < -0.39 is 0 Å². The number of benzene rings is 1. The Balaban J connectivity index is 1.67. The normalized spacial score (nSPS) is 10.2. The van der Waals surface area contributed by atoms with Crippen molar-refractivity contribution in [2.75, 3.05) is 20.1 Å². The molecule has 0 aliphatic heterocycles. The molecule has 3 amide bonds. The zero-order chi connectivity index (χ0) is 18.1. The first kappa shape index (κ1) is 18.4. The minimum absolute atomic E-state index is 0.0294. The summed E-state index contributed by atoms with van der Waals surface area (Å²) in [7, 11) is 1.72. The molecular weight excluding hydrogens is 316 g/mol. The summed E-state index contributed by atoms with van der Waals surface area (Å²) < 4.78 is 0. The van der Waals surface area contributed by atoms with Gasteiger partial charge < -0.3 is 15.5 Å². The summed E-state index contributed by atoms with van der Waals surface area (Å²) in [6, 6.07) is 13.3. The SMILES string of the molecule is Cc1cccc(CNC(=O)NCC(=O)N(C)CCc2ccccn2)c1. The maximum atomic E-state index is 12.1. The molecule has 2 rings (SSSR count). The molecular formula is C19H24N4O2. The quantitative estimate of drug-likeness (QED) is 0.808. The highest BCUT2D eigenvalue weighted by molar-refractivity contribution is 5.83. The van der Waals surface area contributed by atoms with Crippen LogP contribution in [0.4, 0.5) is 4.79 Å². The highest BCUT2D eigenvalue weighted by atomic mass is 16.2. The fourth-order valence-electron chi connectivity index (χ4n) is 2.31. The van der Waals surface area contributed by atoms with E-state index in [1.807, 2.05) is 49.4 Å². The van der Waals surface area contributed by atoms with Gasteiger partial charge in [-0.15, -0.1) is 0 Å². The molecule has 0 atom stereocenters. The number of rotatable bonds is 7. The Morgan fingerprint density at radius 3 is 2.68 bits per heavy atom. The highest BCUT2D eigenvalue weighted by Gasteiger charge is 2.10. The van der Waals surface area contributed by atoms with Crippen LogP contribution in [0.15, 0.2) is 48.7 Å². The maximum Gasteiger partial charge on any atom is 0.315 e. The van der Waals surface area contributed by atoms with E-state index in [0.717, 1.165) is 16.8 Å². The maximum absolute atomic E-state index is 12.1. The van der Waals surface area contributed by atoms with Crippen LogP contribution in [0.5, 0.6) is 0 Å². The first-order valence-corrected chi connectivity index (χ1v) is 8.25. The van der Waals surface area contributed by atoms with Crippen LogP contribution >= 0.6 is 0 Å². The van der Waals surface area contributed by atoms with Crippen LogP contribution < -0.4 is 10.6 Å². The summed E-state index contributed by atoms with van der Waals surface area (Å²) in [5, 5.41) is 5.34. The lowest BCUT2D eigenvalue weighted by Crippen LogP contribution is -2.42. The number of carbonyl (C=O) groups is 2. The van der Waals surface area contributed by atoms with Gasteiger partial charge in [0.2, 0.25) is 5.91 Å². The molecule has 0 bridgehead atoms. The molecule has 25 heavy (non-hydrogen) atoms. The molecule has 0 saturated heterocycles. The number of aromatic nitrogens is 1. The summed E-state index contributed by atoms with van der Waals surface area (Å²) >= 11 is 0. The molecule has 0 unspecified atom stereocenters. The van der Waals surface area contributed by atoms with Crippen molar-refractivity contribution in [3.8, 4) is 0 Å². The molecule has 0 aliphatic rings. The third kappa shape index (κ3) is 6.63. The van der Waals surface area contributed by atoms with E-state index in [2.05, 4.69) is 15.6 Å². The average Bonchev–Trinajstić information content (AvgIpc) is 2.63. The number of pyridine rings is 1. The van der Waals surface area contributed by atoms with Crippen molar-refractivity contribution in [1.82, 2.24) is 20.5 Å². The van der Waals surface area contributed by atoms with Gasteiger partial charge in [0.15, 0.2) is 0 Å². The van der Waals surface area contributed by atoms with Gasteiger partial charge in [0.25, 0.3) is 0 Å². The van der Waals surface area contributed by atoms with Crippen LogP contribution in [0, 0.1) is 6.92 Å². The van der Waals surface area contributed by atoms with Crippen molar-refractivity contribution in [1.29, 1.82) is 0 Å². The van der Waals surface area contributed by atoms with Crippen LogP contribution in [0.1, 0.15) is 16.8 Å². The van der Waals surface area contributed by atoms with Gasteiger partial charge in [-0.25, -0.2) is 4.79 Å². The van der Waals surface area contributed by atoms with Gasteiger partial charge in [0.05, 0.1) is 6.54 Å². The van der Waals surface area contributed by atoms with Crippen LogP contribution in [0.25, 0.3) is 0 Å². The third-order valence-corrected chi connectivity index (χ3v) is 3.79. The Morgan fingerprint density at radius 2 is 1.96 bits per heavy atom. The Kier molecular flexibility index (Phi) is 6.95. The van der Waals surface area contributed by atoms with E-state index in [0.29, 0.717) is 19.5 Å². The summed E-state index contributed by atoms with van der Waals surface area (Å²) in [6.45, 7) is 2.96. The van der Waals surface area contributed by atoms with Crippen LogP contribution in [0.3, 0.4) is 0 Å². The molecule has 2 aromatic rings. The molecule has 1 heterocycles. The number of hydrogen-bond acceptors (Lipinski definition) is 3. The van der Waals surface area contributed by atoms with Gasteiger partial charge in [-0.1, -0.05) is 35.9 Å². The van der Waals surface area contributed by atoms with Gasteiger partial charge >= 0.3 is 6.03 Å². The molecule has 0 spiro atoms. The summed E-state index contributed by atoms with van der Waals surface area (Å²) in [5.74, 6) is -0.137. The fraction of sp³-hybridized carbons (Fsp3) is 0.316. The molecule has 0 fully saturated rings. The predicted octanol–water partition coefficient (Wildman–Crippen LogP) is 1.89. The number of aryl methyl sites for hydroxylation is 1. The lowest BCUT2D eigenvalue weighted by Gasteiger charge is -2.17. The van der Waals surface area contributed by atoms with E-state index in [1.54, 1.807) is 18.1 Å². The number of nitrogens with zero attached hydrogens (tertiary/aromatic N) is 2. The smallest absolute Gasteiger partial charge is 0.315 e. The number of urea groups is 1. The Bertz CT molecular complexity index is 704. The van der Waals surface area contributed by atoms with E-state index in [-0.39, 0.29) is 18.5 Å². The van der Waals surface area contributed by atoms with Crippen molar-refractivity contribution in [3.05, 3.63) is 65.5 Å². The van der Waals surface area contributed by atoms with Crippen LogP contribution in [-0.2, 0) is 17.8 Å². The minimum atomic E-state index is -0.354. The van der Waals surface area contributed by atoms with Gasteiger partial charge in [-0.05, 0) is 24.6 Å². The number of likely N-dealkylation sites (N-methyl/N-ethyl adjacent to an activating group) is 1. The van der Waals surface area contributed by atoms with Crippen molar-refractivity contribution in [2.24, 2.45) is 0 Å². The second-order valence-electron chi connectivity index (χ2n) is 5.91. The number of carbonyl (C=O) groups excluding carboxylic acids is 2. The summed E-state index contributed by atoms with van der Waals surface area (Å²) in [4.78, 5) is 29.7. The van der Waals surface area contributed by atoms with Crippen LogP contribution in [-0.4, -0.2) is 42.0 Å². The summed E-state index contributed by atoms with van der Waals surface area (Å²) in [5.41, 5.74) is 3.10. The zero-order valence-electron chi connectivity index (χ0n) is 14.7. The molecule has 2 N–H and O–H groups in total. The highest BCUT2D eigenvalue weighted by Crippen LogP contribution is 2.03. The van der Waals surface area contributed by atoms with Gasteiger partial charge in [-0.2, -0.15) is 0 Å². The van der Waals surface area contributed by atoms with Crippen molar-refractivity contribution >= 4 is 11.9 Å². The molecule has 0 saturated carbocycles. The zero-order valence-corrected chi connectivity index (χ0v) is 14.7. The molecule has 1 aromatic heterocycles. The van der Waals surface area contributed by atoms with E-state index >= 15 is 0 Å². The molecule has 132 valence electrons. The first-order chi connectivity index (χ1) is 12.0. The number of amides is 3. The standard InChI is InChI=1S/C19H24N4O2/c1-15-6-5-7-16(12-15)13-21-19(25)22-14-18(24)23(2)11-9-17-8-3-4-10-20-17/h3-8,10,12H,9,11,13-14H2,1-2H3,(H2,21,22,25). The molecule has 0 radical (unpaired) electrons. The molecule has 6 nitrogen and oxygen atoms in total. The molecule has 0 aliphatic carbocycles. The second kappa shape index (κ2) is 9.42. The van der Waals surface area contributed by atoms with Gasteiger partial charge in [-0.3, -0.25) is 9.78 Å². The average molecular weight is 340 g/mol. The van der Waals surface area contributed by atoms with Crippen molar-refractivity contribution in [2.45, 2.75) is 19.9 Å². The minimum Gasteiger partial charge on any atom is -0.344 e. The lowest BCUT2D eigenvalue weighted by molar-refractivity contribution is -0.128. The monoisotopic (exact) mass is 340 g/mol. The Labute approximate surface area is 148 Å². The van der Waals surface area contributed by atoms with E-state index in [4.69, 9.17) is 0 Å². The largest absolute Gasteiger partial charge is 0.344 e. The van der Waals surface area contributed by atoms with Crippen LogP contribution in [0.2, 0.25) is 0 Å². The fourth-order valence-corrected chi connectivity index (χ4v) is 2.31. The molecule has 6 heteroatoms. The first-order valence-electron chi connectivity index (χ1n) is 8.25. The predicted molar refractivity (Wildman–Crippen MR) is 97.0 cm³/mol. The van der Waals surface area contributed by atoms with Crippen molar-refractivity contribution < 1.29 is 9.59 Å². The third-order valence-electron chi connectivity index (χ3n) is 3.79. The topological polar surface area (TPSA) is 74.3 Å². The van der Waals surface area contributed by atoms with E-state index in [9.17, 15) is 9.59 Å². The lowest BCUT2D eigenvalue weighted by atomic mass is 10.1. The van der Waals surface area contributed by atoms with Gasteiger partial charge in [0.1, 0.15) is 0 Å². The van der Waals surface area contributed by atoms with Crippen molar-refractivity contribution in [3.63, 3.8) is 0 Å². The summed E-state index contributed by atoms with van der Waals surface area (Å²) in [6.07, 6.45) is 2.42. The second-order valence-corrected chi connectivity index (χ2v) is 5.91. The number of hydrogen-bond donors (Lipinski definition) is 2. The van der Waals surface area contributed by atoms with E-state index in [1.165, 1.54) is 0 Å². The Morgan fingerprint density at radius 1 is 1.12 bits per heavy atom.